The molecule has 0 atom stereocenters. The van der Waals surface area contributed by atoms with Gasteiger partial charge < -0.3 is 14.7 Å². The minimum atomic E-state index is -0.863. The summed E-state index contributed by atoms with van der Waals surface area (Å²) in [6.07, 6.45) is 8.76. The molecule has 1 amide bonds. The molecular formula is C27H47N3O3. The number of ether oxygens (including phenoxy) is 1. The molecule has 0 bridgehead atoms. The lowest BCUT2D eigenvalue weighted by Crippen LogP contribution is -2.36. The number of likely N-dealkylation sites (N-methyl/N-ethyl adjacent to an activating group) is 1. The summed E-state index contributed by atoms with van der Waals surface area (Å²) < 4.78 is 5.40. The Labute approximate surface area is 201 Å². The van der Waals surface area contributed by atoms with Crippen LogP contribution in [0.1, 0.15) is 70.8 Å². The first-order valence-electron chi connectivity index (χ1n) is 12.9. The molecule has 1 aromatic carbocycles. The number of carboxylic acid groups (broad SMARTS) is 1. The van der Waals surface area contributed by atoms with Gasteiger partial charge in [0.1, 0.15) is 0 Å². The van der Waals surface area contributed by atoms with Gasteiger partial charge in [0.15, 0.2) is 0 Å². The number of hydrogen-bond acceptors (Lipinski definition) is 4. The quantitative estimate of drug-likeness (QED) is 0.351. The zero-order valence-electron chi connectivity index (χ0n) is 21.5. The molecule has 1 heterocycles. The van der Waals surface area contributed by atoms with Gasteiger partial charge in [0.25, 0.3) is 0 Å². The number of rotatable bonds is 15. The second kappa shape index (κ2) is 14.6. The Balaban J connectivity index is 1.65. The molecule has 1 fully saturated rings. The van der Waals surface area contributed by atoms with Crippen molar-refractivity contribution in [3.8, 4) is 0 Å². The van der Waals surface area contributed by atoms with Crippen molar-refractivity contribution in [2.24, 2.45) is 0 Å². The summed E-state index contributed by atoms with van der Waals surface area (Å²) in [4.78, 5) is 18.1. The standard InChI is InChI=1S/C27H47N3O3/c1-27(2,23-28(3)4)24-14-13-15-25(22-24)30(26(31)32)17-12-10-8-6-5-7-9-11-16-29-18-20-33-21-19-29/h13-15,22H,5-12,16-21,23H2,1-4H3,(H,31,32). The van der Waals surface area contributed by atoms with Crippen LogP contribution in [0.15, 0.2) is 24.3 Å². The van der Waals surface area contributed by atoms with E-state index in [9.17, 15) is 9.90 Å². The predicted molar refractivity (Wildman–Crippen MR) is 138 cm³/mol. The van der Waals surface area contributed by atoms with Gasteiger partial charge >= 0.3 is 6.09 Å². The van der Waals surface area contributed by atoms with Crippen LogP contribution >= 0.6 is 0 Å². The van der Waals surface area contributed by atoms with Crippen molar-refractivity contribution in [1.29, 1.82) is 0 Å². The fourth-order valence-electron chi connectivity index (χ4n) is 4.80. The first kappa shape index (κ1) is 27.6. The van der Waals surface area contributed by atoms with E-state index in [0.29, 0.717) is 6.54 Å². The first-order valence-corrected chi connectivity index (χ1v) is 12.9. The van der Waals surface area contributed by atoms with Crippen LogP contribution in [0.4, 0.5) is 10.5 Å². The highest BCUT2D eigenvalue weighted by atomic mass is 16.5. The summed E-state index contributed by atoms with van der Waals surface area (Å²) in [5, 5.41) is 9.79. The predicted octanol–water partition coefficient (Wildman–Crippen LogP) is 5.46. The van der Waals surface area contributed by atoms with Gasteiger partial charge in [0.05, 0.1) is 13.2 Å². The number of amides is 1. The molecule has 1 aliphatic heterocycles. The third-order valence-corrected chi connectivity index (χ3v) is 6.59. The van der Waals surface area contributed by atoms with E-state index in [2.05, 4.69) is 49.9 Å². The summed E-state index contributed by atoms with van der Waals surface area (Å²) in [5.41, 5.74) is 1.92. The van der Waals surface area contributed by atoms with E-state index in [-0.39, 0.29) is 5.41 Å². The molecule has 0 unspecified atom stereocenters. The van der Waals surface area contributed by atoms with Crippen LogP contribution in [-0.4, -0.2) is 81.0 Å². The number of morpholine rings is 1. The normalized spacial score (nSPS) is 15.2. The molecule has 1 aromatic rings. The molecule has 1 saturated heterocycles. The van der Waals surface area contributed by atoms with Gasteiger partial charge in [-0.3, -0.25) is 9.80 Å². The van der Waals surface area contributed by atoms with Crippen LogP contribution in [0, 0.1) is 0 Å². The SMILES string of the molecule is CN(C)CC(C)(C)c1cccc(N(CCCCCCCCCCN2CCOCC2)C(=O)O)c1. The van der Waals surface area contributed by atoms with Crippen LogP contribution < -0.4 is 4.90 Å². The topological polar surface area (TPSA) is 56.2 Å². The Morgan fingerprint density at radius 2 is 1.61 bits per heavy atom. The van der Waals surface area contributed by atoms with E-state index in [4.69, 9.17) is 4.74 Å². The van der Waals surface area contributed by atoms with Gasteiger partial charge in [0, 0.05) is 37.3 Å². The van der Waals surface area contributed by atoms with Crippen LogP contribution in [-0.2, 0) is 10.2 Å². The molecule has 2 rings (SSSR count). The lowest BCUT2D eigenvalue weighted by molar-refractivity contribution is 0.0371. The maximum atomic E-state index is 11.9. The van der Waals surface area contributed by atoms with Gasteiger partial charge in [0.2, 0.25) is 0 Å². The number of hydrogen-bond donors (Lipinski definition) is 1. The van der Waals surface area contributed by atoms with Gasteiger partial charge in [-0.05, 0) is 51.2 Å². The van der Waals surface area contributed by atoms with Crippen molar-refractivity contribution in [2.45, 2.75) is 70.6 Å². The van der Waals surface area contributed by atoms with Crippen molar-refractivity contribution >= 4 is 11.8 Å². The Bertz CT molecular complexity index is 687. The highest BCUT2D eigenvalue weighted by Crippen LogP contribution is 2.28. The van der Waals surface area contributed by atoms with E-state index >= 15 is 0 Å². The maximum Gasteiger partial charge on any atom is 0.411 e. The molecule has 0 aromatic heterocycles. The molecule has 6 nitrogen and oxygen atoms in total. The minimum absolute atomic E-state index is 0.0358. The Kier molecular flexibility index (Phi) is 12.2. The van der Waals surface area contributed by atoms with Crippen molar-refractivity contribution in [2.75, 3.05) is 64.9 Å². The van der Waals surface area contributed by atoms with E-state index in [1.54, 1.807) is 0 Å². The summed E-state index contributed by atoms with van der Waals surface area (Å²) in [6, 6.07) is 8.06. The molecular weight excluding hydrogens is 414 g/mol. The molecule has 1 N–H and O–H groups in total. The second-order valence-electron chi connectivity index (χ2n) is 10.4. The zero-order valence-corrected chi connectivity index (χ0v) is 21.5. The number of nitrogens with zero attached hydrogens (tertiary/aromatic N) is 3. The zero-order chi connectivity index (χ0) is 24.1. The molecule has 0 aliphatic carbocycles. The summed E-state index contributed by atoms with van der Waals surface area (Å²) in [6.45, 7) is 11.1. The summed E-state index contributed by atoms with van der Waals surface area (Å²) in [7, 11) is 4.14. The van der Waals surface area contributed by atoms with Crippen LogP contribution in [0.5, 0.6) is 0 Å². The number of unbranched alkanes of at least 4 members (excludes halogenated alkanes) is 7. The summed E-state index contributed by atoms with van der Waals surface area (Å²) >= 11 is 0. The molecule has 0 radical (unpaired) electrons. The fourth-order valence-corrected chi connectivity index (χ4v) is 4.80. The monoisotopic (exact) mass is 461 g/mol. The molecule has 1 aliphatic rings. The average molecular weight is 462 g/mol. The molecule has 0 saturated carbocycles. The third kappa shape index (κ3) is 10.4. The smallest absolute Gasteiger partial charge is 0.411 e. The van der Waals surface area contributed by atoms with Crippen molar-refractivity contribution in [3.63, 3.8) is 0 Å². The van der Waals surface area contributed by atoms with Crippen LogP contribution in [0.2, 0.25) is 0 Å². The molecule has 6 heteroatoms. The number of benzene rings is 1. The number of anilines is 1. The minimum Gasteiger partial charge on any atom is -0.465 e. The van der Waals surface area contributed by atoms with Gasteiger partial charge in [-0.15, -0.1) is 0 Å². The third-order valence-electron chi connectivity index (χ3n) is 6.59. The average Bonchev–Trinajstić information content (AvgIpc) is 2.77. The number of carbonyl (C=O) groups is 1. The Morgan fingerprint density at radius 1 is 1.00 bits per heavy atom. The summed E-state index contributed by atoms with van der Waals surface area (Å²) in [5.74, 6) is 0. The van der Waals surface area contributed by atoms with Crippen LogP contribution in [0.3, 0.4) is 0 Å². The highest BCUT2D eigenvalue weighted by molar-refractivity contribution is 5.86. The molecule has 0 spiro atoms. The van der Waals surface area contributed by atoms with Gasteiger partial charge in [-0.1, -0.05) is 64.5 Å². The van der Waals surface area contributed by atoms with E-state index in [1.807, 2.05) is 12.1 Å². The van der Waals surface area contributed by atoms with Crippen molar-refractivity contribution in [1.82, 2.24) is 9.80 Å². The van der Waals surface area contributed by atoms with Gasteiger partial charge in [-0.25, -0.2) is 4.79 Å². The largest absolute Gasteiger partial charge is 0.465 e. The van der Waals surface area contributed by atoms with Crippen LogP contribution in [0.25, 0.3) is 0 Å². The maximum absolute atomic E-state index is 11.9. The van der Waals surface area contributed by atoms with Crippen molar-refractivity contribution < 1.29 is 14.6 Å². The lowest BCUT2D eigenvalue weighted by Gasteiger charge is -2.30. The van der Waals surface area contributed by atoms with Crippen molar-refractivity contribution in [3.05, 3.63) is 29.8 Å². The molecule has 188 valence electrons. The van der Waals surface area contributed by atoms with Gasteiger partial charge in [-0.2, -0.15) is 0 Å². The Hall–Kier alpha value is -1.63. The second-order valence-corrected chi connectivity index (χ2v) is 10.4. The van der Waals surface area contributed by atoms with E-state index < -0.39 is 6.09 Å². The first-order chi connectivity index (χ1) is 15.8. The fraction of sp³-hybridized carbons (Fsp3) is 0.741. The lowest BCUT2D eigenvalue weighted by atomic mass is 9.84. The Morgan fingerprint density at radius 3 is 2.21 bits per heavy atom. The van der Waals surface area contributed by atoms with E-state index in [0.717, 1.165) is 51.4 Å². The molecule has 33 heavy (non-hydrogen) atoms. The van der Waals surface area contributed by atoms with E-state index in [1.165, 1.54) is 55.5 Å². The highest BCUT2D eigenvalue weighted by Gasteiger charge is 2.23.